The van der Waals surface area contributed by atoms with Crippen LogP contribution in [0.25, 0.3) is 0 Å². The molecule has 0 saturated heterocycles. The van der Waals surface area contributed by atoms with E-state index in [1.54, 1.807) is 6.20 Å². The third-order valence-corrected chi connectivity index (χ3v) is 3.01. The highest BCUT2D eigenvalue weighted by Crippen LogP contribution is 2.07. The zero-order valence-electron chi connectivity index (χ0n) is 10.5. The van der Waals surface area contributed by atoms with E-state index in [1.165, 1.54) is 0 Å². The van der Waals surface area contributed by atoms with E-state index in [-0.39, 0.29) is 0 Å². The minimum Gasteiger partial charge on any atom is -0.397 e. The molecule has 0 amide bonds. The lowest BCUT2D eigenvalue weighted by molar-refractivity contribution is 0.394. The number of aromatic nitrogens is 1. The van der Waals surface area contributed by atoms with E-state index in [0.29, 0.717) is 0 Å². The van der Waals surface area contributed by atoms with Gasteiger partial charge in [0.15, 0.2) is 0 Å². The van der Waals surface area contributed by atoms with Gasteiger partial charge in [0.05, 0.1) is 11.9 Å². The zero-order chi connectivity index (χ0) is 12.0. The molecule has 0 saturated carbocycles. The van der Waals surface area contributed by atoms with Crippen LogP contribution in [0, 0.1) is 11.8 Å². The smallest absolute Gasteiger partial charge is 0.0501 e. The Balaban J connectivity index is 2.18. The summed E-state index contributed by atoms with van der Waals surface area (Å²) in [6.07, 6.45) is 2.68. The van der Waals surface area contributed by atoms with Crippen LogP contribution >= 0.6 is 0 Å². The second-order valence-corrected chi connectivity index (χ2v) is 4.76. The van der Waals surface area contributed by atoms with Gasteiger partial charge in [-0.15, -0.1) is 0 Å². The maximum atomic E-state index is 5.58. The van der Waals surface area contributed by atoms with Crippen LogP contribution in [0.2, 0.25) is 0 Å². The summed E-state index contributed by atoms with van der Waals surface area (Å²) in [5.41, 5.74) is 7.40. The lowest BCUT2D eigenvalue weighted by atomic mass is 9.98. The number of nitrogen functional groups attached to an aromatic ring is 1. The van der Waals surface area contributed by atoms with Gasteiger partial charge in [0.25, 0.3) is 0 Å². The number of rotatable bonds is 6. The predicted molar refractivity (Wildman–Crippen MR) is 69.2 cm³/mol. The lowest BCUT2D eigenvalue weighted by Gasteiger charge is -2.15. The highest BCUT2D eigenvalue weighted by atomic mass is 14.9. The summed E-state index contributed by atoms with van der Waals surface area (Å²) in [5, 5.41) is 3.46. The highest BCUT2D eigenvalue weighted by Gasteiger charge is 2.05. The topological polar surface area (TPSA) is 50.9 Å². The molecule has 1 aromatic heterocycles. The van der Waals surface area contributed by atoms with Gasteiger partial charge in [-0.05, 0) is 30.5 Å². The molecule has 0 aliphatic rings. The Bertz CT molecular complexity index is 293. The number of hydrogen-bond acceptors (Lipinski definition) is 3. The third-order valence-electron chi connectivity index (χ3n) is 3.01. The van der Waals surface area contributed by atoms with Gasteiger partial charge in [-0.25, -0.2) is 0 Å². The molecule has 0 bridgehead atoms. The molecule has 0 aromatic carbocycles. The third kappa shape index (κ3) is 4.62. The van der Waals surface area contributed by atoms with E-state index in [0.717, 1.165) is 42.7 Å². The van der Waals surface area contributed by atoms with Gasteiger partial charge in [0, 0.05) is 18.7 Å². The molecule has 1 rings (SSSR count). The molecule has 16 heavy (non-hydrogen) atoms. The van der Waals surface area contributed by atoms with Crippen LogP contribution in [0.3, 0.4) is 0 Å². The van der Waals surface area contributed by atoms with Crippen molar-refractivity contribution in [2.24, 2.45) is 11.8 Å². The first-order chi connectivity index (χ1) is 7.59. The van der Waals surface area contributed by atoms with Crippen molar-refractivity contribution in [1.82, 2.24) is 10.3 Å². The molecule has 0 spiro atoms. The summed E-state index contributed by atoms with van der Waals surface area (Å²) in [6.45, 7) is 8.85. The molecule has 0 radical (unpaired) electrons. The van der Waals surface area contributed by atoms with E-state index in [9.17, 15) is 0 Å². The molecule has 3 nitrogen and oxygen atoms in total. The second kappa shape index (κ2) is 6.48. The minimum absolute atomic E-state index is 0.722. The minimum atomic E-state index is 0.722. The molecule has 0 aliphatic carbocycles. The van der Waals surface area contributed by atoms with Crippen molar-refractivity contribution in [2.75, 3.05) is 18.8 Å². The summed E-state index contributed by atoms with van der Waals surface area (Å²) in [5.74, 6) is 1.46. The number of pyridine rings is 1. The van der Waals surface area contributed by atoms with E-state index in [1.807, 2.05) is 12.1 Å². The van der Waals surface area contributed by atoms with Crippen LogP contribution in [0.1, 0.15) is 26.5 Å². The van der Waals surface area contributed by atoms with Gasteiger partial charge in [0.1, 0.15) is 0 Å². The van der Waals surface area contributed by atoms with Crippen molar-refractivity contribution >= 4 is 5.69 Å². The van der Waals surface area contributed by atoms with Gasteiger partial charge in [-0.3, -0.25) is 4.98 Å². The molecule has 90 valence electrons. The summed E-state index contributed by atoms with van der Waals surface area (Å²) in [7, 11) is 0. The largest absolute Gasteiger partial charge is 0.397 e. The van der Waals surface area contributed by atoms with E-state index in [4.69, 9.17) is 5.73 Å². The highest BCUT2D eigenvalue weighted by molar-refractivity contribution is 5.34. The fourth-order valence-electron chi connectivity index (χ4n) is 1.37. The van der Waals surface area contributed by atoms with Crippen LogP contribution < -0.4 is 11.1 Å². The Morgan fingerprint density at radius 1 is 1.31 bits per heavy atom. The van der Waals surface area contributed by atoms with Gasteiger partial charge in [-0.1, -0.05) is 20.8 Å². The Labute approximate surface area is 98.5 Å². The molecule has 3 heteroatoms. The number of hydrogen-bond donors (Lipinski definition) is 2. The number of nitrogens with two attached hydrogens (primary N) is 1. The summed E-state index contributed by atoms with van der Waals surface area (Å²) in [4.78, 5) is 4.27. The maximum absolute atomic E-state index is 5.58. The second-order valence-electron chi connectivity index (χ2n) is 4.76. The van der Waals surface area contributed by atoms with Crippen molar-refractivity contribution in [3.05, 3.63) is 24.0 Å². The average molecular weight is 221 g/mol. The van der Waals surface area contributed by atoms with Crippen molar-refractivity contribution in [3.8, 4) is 0 Å². The first kappa shape index (κ1) is 13.0. The Morgan fingerprint density at radius 3 is 2.62 bits per heavy atom. The summed E-state index contributed by atoms with van der Waals surface area (Å²) in [6, 6.07) is 3.89. The Morgan fingerprint density at radius 2 is 2.06 bits per heavy atom. The van der Waals surface area contributed by atoms with Gasteiger partial charge >= 0.3 is 0 Å². The van der Waals surface area contributed by atoms with Crippen molar-refractivity contribution in [3.63, 3.8) is 0 Å². The van der Waals surface area contributed by atoms with Crippen molar-refractivity contribution in [1.29, 1.82) is 0 Å². The molecule has 0 aliphatic heterocycles. The molecular weight excluding hydrogens is 198 g/mol. The molecule has 1 unspecified atom stereocenters. The average Bonchev–Trinajstić information content (AvgIpc) is 2.26. The normalized spacial score (nSPS) is 13.0. The van der Waals surface area contributed by atoms with Crippen LogP contribution in [-0.4, -0.2) is 18.1 Å². The fourth-order valence-corrected chi connectivity index (χ4v) is 1.37. The summed E-state index contributed by atoms with van der Waals surface area (Å²) >= 11 is 0. The van der Waals surface area contributed by atoms with E-state index >= 15 is 0 Å². The summed E-state index contributed by atoms with van der Waals surface area (Å²) < 4.78 is 0. The molecule has 1 heterocycles. The molecule has 3 N–H and O–H groups in total. The Hall–Kier alpha value is -1.09. The van der Waals surface area contributed by atoms with E-state index in [2.05, 4.69) is 31.1 Å². The number of nitrogens with zero attached hydrogens (tertiary/aromatic N) is 1. The standard InChI is InChI=1S/C13H23N3/c1-10(2)11(3)8-15-7-6-13-5-4-12(14)9-16-13/h4-5,9-11,15H,6-8,14H2,1-3H3. The van der Waals surface area contributed by atoms with Crippen LogP contribution in [0.15, 0.2) is 18.3 Å². The molecule has 1 aromatic rings. The Kier molecular flexibility index (Phi) is 5.26. The quantitative estimate of drug-likeness (QED) is 0.723. The first-order valence-electron chi connectivity index (χ1n) is 6.00. The maximum Gasteiger partial charge on any atom is 0.0501 e. The van der Waals surface area contributed by atoms with E-state index < -0.39 is 0 Å². The lowest BCUT2D eigenvalue weighted by Crippen LogP contribution is -2.26. The predicted octanol–water partition coefficient (Wildman–Crippen LogP) is 2.09. The van der Waals surface area contributed by atoms with Gasteiger partial charge in [0.2, 0.25) is 0 Å². The van der Waals surface area contributed by atoms with Crippen molar-refractivity contribution < 1.29 is 0 Å². The monoisotopic (exact) mass is 221 g/mol. The molecule has 0 fully saturated rings. The molecule has 1 atom stereocenters. The first-order valence-corrected chi connectivity index (χ1v) is 6.00. The zero-order valence-corrected chi connectivity index (χ0v) is 10.5. The van der Waals surface area contributed by atoms with Gasteiger partial charge in [-0.2, -0.15) is 0 Å². The SMILES string of the molecule is CC(C)C(C)CNCCc1ccc(N)cn1. The van der Waals surface area contributed by atoms with Crippen LogP contribution in [-0.2, 0) is 6.42 Å². The number of anilines is 1. The van der Waals surface area contributed by atoms with Crippen LogP contribution in [0.5, 0.6) is 0 Å². The fraction of sp³-hybridized carbons (Fsp3) is 0.615. The van der Waals surface area contributed by atoms with Gasteiger partial charge < -0.3 is 11.1 Å². The van der Waals surface area contributed by atoms with Crippen molar-refractivity contribution in [2.45, 2.75) is 27.2 Å². The van der Waals surface area contributed by atoms with Crippen LogP contribution in [0.4, 0.5) is 5.69 Å². The molecular formula is C13H23N3. The number of nitrogens with one attached hydrogen (secondary N) is 1.